The molecule has 1 aliphatic carbocycles. The predicted molar refractivity (Wildman–Crippen MR) is 290 cm³/mol. The van der Waals surface area contributed by atoms with E-state index in [1.807, 2.05) is 53.9 Å². The fourth-order valence-electron chi connectivity index (χ4n) is 10.8. The molecule has 69 heavy (non-hydrogen) atoms. The highest BCUT2D eigenvalue weighted by Crippen LogP contribution is 2.56. The number of rotatable bonds is 9. The zero-order chi connectivity index (χ0) is 45.9. The Morgan fingerprint density at radius 3 is 1.87 bits per heavy atom. The summed E-state index contributed by atoms with van der Waals surface area (Å²) < 4.78 is 5.05. The van der Waals surface area contributed by atoms with Crippen molar-refractivity contribution in [2.45, 2.75) is 11.6 Å². The number of thiophene rings is 1. The van der Waals surface area contributed by atoms with E-state index in [1.54, 1.807) is 0 Å². The van der Waals surface area contributed by atoms with Crippen LogP contribution in [0.15, 0.2) is 253 Å². The summed E-state index contributed by atoms with van der Waals surface area (Å²) in [4.78, 5) is 10.2. The Bertz CT molecular complexity index is 3910. The molecule has 5 heteroatoms. The Labute approximate surface area is 404 Å². The maximum Gasteiger partial charge on any atom is 0.167 e. The molecule has 2 aromatic heterocycles. The fraction of sp³-hybridized carbons (Fsp3) is 0.0312. The lowest BCUT2D eigenvalue weighted by Crippen LogP contribution is -2.28. The number of aliphatic imine (C=N–C) groups is 2. The van der Waals surface area contributed by atoms with E-state index in [0.29, 0.717) is 5.84 Å². The van der Waals surface area contributed by atoms with Gasteiger partial charge in [0.2, 0.25) is 0 Å². The van der Waals surface area contributed by atoms with Gasteiger partial charge in [-0.1, -0.05) is 200 Å². The summed E-state index contributed by atoms with van der Waals surface area (Å²) in [6.07, 6.45) is 1.37. The van der Waals surface area contributed by atoms with Gasteiger partial charge in [-0.25, -0.2) is 4.99 Å². The Morgan fingerprint density at radius 2 is 1.12 bits per heavy atom. The van der Waals surface area contributed by atoms with E-state index in [-0.39, 0.29) is 0 Å². The van der Waals surface area contributed by atoms with E-state index in [2.05, 4.69) is 211 Å². The van der Waals surface area contributed by atoms with Gasteiger partial charge in [-0.2, -0.15) is 0 Å². The van der Waals surface area contributed by atoms with Crippen molar-refractivity contribution in [3.05, 3.63) is 282 Å². The summed E-state index contributed by atoms with van der Waals surface area (Å²) in [7, 11) is 0. The topological polar surface area (TPSA) is 55.7 Å². The van der Waals surface area contributed by atoms with Gasteiger partial charge in [-0.15, -0.1) is 11.3 Å². The van der Waals surface area contributed by atoms with Gasteiger partial charge in [-0.05, 0) is 98.1 Å². The second-order valence-corrected chi connectivity index (χ2v) is 18.9. The quantitative estimate of drug-likeness (QED) is 0.114. The van der Waals surface area contributed by atoms with Gasteiger partial charge in [0, 0.05) is 48.4 Å². The Morgan fingerprint density at radius 1 is 0.478 bits per heavy atom. The number of nitrogens with two attached hydrogens (primary N) is 1. The first-order chi connectivity index (χ1) is 34.1. The molecular weight excluding hydrogens is 857 g/mol. The maximum atomic E-state index is 6.69. The minimum absolute atomic E-state index is 0.440. The summed E-state index contributed by atoms with van der Waals surface area (Å²) in [6, 6.07) is 87.3. The molecule has 2 heterocycles. The first kappa shape index (κ1) is 40.6. The van der Waals surface area contributed by atoms with Crippen LogP contribution >= 0.6 is 11.3 Å². The normalized spacial score (nSPS) is 13.7. The number of amidine groups is 1. The number of hydrogen-bond donors (Lipinski definition) is 1. The second-order valence-electron chi connectivity index (χ2n) is 17.9. The highest BCUT2D eigenvalue weighted by molar-refractivity contribution is 7.25. The molecule has 12 aromatic rings. The van der Waals surface area contributed by atoms with Crippen LogP contribution in [-0.2, 0) is 5.41 Å². The molecule has 0 fully saturated rings. The summed E-state index contributed by atoms with van der Waals surface area (Å²) in [5, 5.41) is 5.01. The molecular formula is C64H44N4S. The Balaban J connectivity index is 0.977. The van der Waals surface area contributed by atoms with E-state index >= 15 is 0 Å². The average molecular weight is 901 g/mol. The molecule has 0 aliphatic heterocycles. The molecule has 0 radical (unpaired) electrons. The van der Waals surface area contributed by atoms with Gasteiger partial charge in [0.1, 0.15) is 5.84 Å². The standard InChI is InChI=1S/C64H44N4S/c65-62(44-19-6-2-7-20-44)67-63(46-22-16-21-45(37-46)43-17-4-1-5-18-43)66-41-42-31-34-49(35-32-42)68-58-38-48(33-36-52(58)54-40-61-55(39-59(54)68)53-27-12-15-30-60(53)69-61)64(47-23-8-3-9-24-47)56-28-13-10-25-50(56)51-26-11-14-29-57(51)64/h1-41,63H,(H2,65,67)/b66-41+. The van der Waals surface area contributed by atoms with Gasteiger partial charge in [0.15, 0.2) is 6.17 Å². The molecule has 0 bridgehead atoms. The van der Waals surface area contributed by atoms with Crippen LogP contribution < -0.4 is 5.73 Å². The third-order valence-corrected chi connectivity index (χ3v) is 15.1. The summed E-state index contributed by atoms with van der Waals surface area (Å²) in [6.45, 7) is 0. The number of benzene rings is 10. The SMILES string of the molecule is N/C(=N\C(/N=C/c1ccc(-n2c3cc(C4(c5ccccc5)c5ccccc5-c5ccccc54)ccc3c3cc4sc5ccccc5c4cc32)cc1)c1cccc(-c2ccccc2)c1)c1ccccc1. The second kappa shape index (κ2) is 16.6. The van der Waals surface area contributed by atoms with Gasteiger partial charge < -0.3 is 10.3 Å². The van der Waals surface area contributed by atoms with E-state index in [0.717, 1.165) is 39.0 Å². The summed E-state index contributed by atoms with van der Waals surface area (Å²) in [5.74, 6) is 0.440. The van der Waals surface area contributed by atoms with Crippen LogP contribution in [0.2, 0.25) is 0 Å². The lowest BCUT2D eigenvalue weighted by atomic mass is 9.67. The summed E-state index contributed by atoms with van der Waals surface area (Å²) in [5.41, 5.74) is 22.2. The monoisotopic (exact) mass is 900 g/mol. The van der Waals surface area contributed by atoms with Gasteiger partial charge >= 0.3 is 0 Å². The first-order valence-corrected chi connectivity index (χ1v) is 24.3. The minimum atomic E-state index is -0.560. The minimum Gasteiger partial charge on any atom is -0.383 e. The molecule has 2 N–H and O–H groups in total. The number of hydrogen-bond acceptors (Lipinski definition) is 3. The summed E-state index contributed by atoms with van der Waals surface area (Å²) >= 11 is 1.86. The van der Waals surface area contributed by atoms with Crippen LogP contribution in [0.4, 0.5) is 0 Å². The van der Waals surface area contributed by atoms with Crippen molar-refractivity contribution in [3.63, 3.8) is 0 Å². The van der Waals surface area contributed by atoms with Crippen molar-refractivity contribution >= 4 is 65.4 Å². The van der Waals surface area contributed by atoms with Crippen molar-refractivity contribution in [3.8, 4) is 27.9 Å². The highest BCUT2D eigenvalue weighted by Gasteiger charge is 2.46. The van der Waals surface area contributed by atoms with Crippen molar-refractivity contribution in [1.29, 1.82) is 0 Å². The van der Waals surface area contributed by atoms with E-state index in [4.69, 9.17) is 15.7 Å². The molecule has 1 unspecified atom stereocenters. The van der Waals surface area contributed by atoms with Gasteiger partial charge in [0.25, 0.3) is 0 Å². The molecule has 0 saturated heterocycles. The number of nitrogens with zero attached hydrogens (tertiary/aromatic N) is 3. The predicted octanol–water partition coefficient (Wildman–Crippen LogP) is 15.7. The molecule has 10 aromatic carbocycles. The molecule has 0 amide bonds. The van der Waals surface area contributed by atoms with Crippen molar-refractivity contribution in [1.82, 2.24) is 4.57 Å². The molecule has 0 saturated carbocycles. The van der Waals surface area contributed by atoms with Crippen molar-refractivity contribution < 1.29 is 0 Å². The molecule has 4 nitrogen and oxygen atoms in total. The third kappa shape index (κ3) is 6.73. The van der Waals surface area contributed by atoms with Crippen LogP contribution in [0, 0.1) is 0 Å². The van der Waals surface area contributed by atoms with E-state index < -0.39 is 11.6 Å². The van der Waals surface area contributed by atoms with E-state index in [9.17, 15) is 0 Å². The van der Waals surface area contributed by atoms with E-state index in [1.165, 1.54) is 69.8 Å². The van der Waals surface area contributed by atoms with Crippen LogP contribution in [0.5, 0.6) is 0 Å². The van der Waals surface area contributed by atoms with Gasteiger partial charge in [0.05, 0.1) is 16.4 Å². The zero-order valence-electron chi connectivity index (χ0n) is 37.6. The van der Waals surface area contributed by atoms with Crippen molar-refractivity contribution in [2.24, 2.45) is 15.7 Å². The smallest absolute Gasteiger partial charge is 0.167 e. The van der Waals surface area contributed by atoms with Crippen molar-refractivity contribution in [2.75, 3.05) is 0 Å². The highest BCUT2D eigenvalue weighted by atomic mass is 32.1. The van der Waals surface area contributed by atoms with Crippen LogP contribution in [0.25, 0.3) is 69.9 Å². The Kier molecular flexibility index (Phi) is 9.77. The molecule has 326 valence electrons. The number of fused-ring (bicyclic) bond motifs is 9. The number of aromatic nitrogens is 1. The fourth-order valence-corrected chi connectivity index (χ4v) is 12.0. The molecule has 0 spiro atoms. The Hall–Kier alpha value is -8.64. The molecule has 13 rings (SSSR count). The van der Waals surface area contributed by atoms with Crippen LogP contribution in [-0.4, -0.2) is 16.6 Å². The average Bonchev–Trinajstić information content (AvgIpc) is 4.05. The molecule has 1 atom stereocenters. The largest absolute Gasteiger partial charge is 0.383 e. The first-order valence-electron chi connectivity index (χ1n) is 23.4. The van der Waals surface area contributed by atoms with Crippen LogP contribution in [0.3, 0.4) is 0 Å². The third-order valence-electron chi connectivity index (χ3n) is 14.0. The molecule has 1 aliphatic rings. The van der Waals surface area contributed by atoms with Gasteiger partial charge in [-0.3, -0.25) is 4.99 Å². The zero-order valence-corrected chi connectivity index (χ0v) is 38.4. The maximum absolute atomic E-state index is 6.69. The van der Waals surface area contributed by atoms with Crippen LogP contribution in [0.1, 0.15) is 45.1 Å². The lowest BCUT2D eigenvalue weighted by Gasteiger charge is -2.34. The lowest BCUT2D eigenvalue weighted by molar-refractivity contribution is 0.769.